The summed E-state index contributed by atoms with van der Waals surface area (Å²) in [6.07, 6.45) is 1.73. The van der Waals surface area contributed by atoms with E-state index in [-0.39, 0.29) is 5.91 Å². The fourth-order valence-corrected chi connectivity index (χ4v) is 1.08. The van der Waals surface area contributed by atoms with E-state index in [0.29, 0.717) is 5.56 Å². The van der Waals surface area contributed by atoms with Crippen molar-refractivity contribution >= 4 is 5.91 Å². The van der Waals surface area contributed by atoms with Crippen molar-refractivity contribution in [3.63, 3.8) is 0 Å². The summed E-state index contributed by atoms with van der Waals surface area (Å²) in [5, 5.41) is 0. The molecule has 1 amide bonds. The SMILES string of the molecule is [CH2]CCc1cccc(C(N)=O)c1. The molecule has 12 heavy (non-hydrogen) atoms. The molecule has 0 aliphatic carbocycles. The van der Waals surface area contributed by atoms with Crippen LogP contribution in [0.5, 0.6) is 0 Å². The van der Waals surface area contributed by atoms with Crippen LogP contribution in [0.3, 0.4) is 0 Å². The van der Waals surface area contributed by atoms with E-state index < -0.39 is 0 Å². The number of carbonyl (C=O) groups is 1. The van der Waals surface area contributed by atoms with Gasteiger partial charge in [-0.25, -0.2) is 0 Å². The molecule has 2 nitrogen and oxygen atoms in total. The molecule has 0 aromatic heterocycles. The van der Waals surface area contributed by atoms with E-state index >= 15 is 0 Å². The second kappa shape index (κ2) is 3.90. The average Bonchev–Trinajstić information content (AvgIpc) is 2.05. The third-order valence-electron chi connectivity index (χ3n) is 1.68. The first-order chi connectivity index (χ1) is 5.74. The lowest BCUT2D eigenvalue weighted by Gasteiger charge is -1.99. The van der Waals surface area contributed by atoms with E-state index in [2.05, 4.69) is 6.92 Å². The number of primary amides is 1. The Hall–Kier alpha value is -1.31. The molecule has 0 heterocycles. The molecule has 1 rings (SSSR count). The summed E-state index contributed by atoms with van der Waals surface area (Å²) >= 11 is 0. The molecule has 0 spiro atoms. The summed E-state index contributed by atoms with van der Waals surface area (Å²) in [7, 11) is 0. The summed E-state index contributed by atoms with van der Waals surface area (Å²) in [6, 6.07) is 7.34. The normalized spacial score (nSPS) is 9.75. The number of nitrogens with two attached hydrogens (primary N) is 1. The number of hydrogen-bond donors (Lipinski definition) is 1. The standard InChI is InChI=1S/C10H12NO/c1-2-4-8-5-3-6-9(7-8)10(11)12/h3,5-7H,1-2,4H2,(H2,11,12). The molecule has 0 saturated heterocycles. The lowest BCUT2D eigenvalue weighted by Crippen LogP contribution is -2.10. The smallest absolute Gasteiger partial charge is 0.248 e. The van der Waals surface area contributed by atoms with Gasteiger partial charge < -0.3 is 5.73 Å². The summed E-state index contributed by atoms with van der Waals surface area (Å²) in [5.41, 5.74) is 6.81. The molecule has 0 unspecified atom stereocenters. The zero-order valence-electron chi connectivity index (χ0n) is 6.92. The van der Waals surface area contributed by atoms with Gasteiger partial charge in [0.05, 0.1) is 0 Å². The van der Waals surface area contributed by atoms with Crippen LogP contribution in [0.15, 0.2) is 24.3 Å². The van der Waals surface area contributed by atoms with E-state index in [1.165, 1.54) is 0 Å². The molecule has 0 aliphatic heterocycles. The molecule has 0 saturated carbocycles. The maximum atomic E-state index is 10.8. The van der Waals surface area contributed by atoms with Crippen molar-refractivity contribution in [2.45, 2.75) is 12.8 Å². The van der Waals surface area contributed by atoms with Crippen molar-refractivity contribution in [1.29, 1.82) is 0 Å². The van der Waals surface area contributed by atoms with Gasteiger partial charge >= 0.3 is 0 Å². The molecule has 1 aromatic rings. The molecule has 1 aromatic carbocycles. The Morgan fingerprint density at radius 1 is 1.50 bits per heavy atom. The van der Waals surface area contributed by atoms with Gasteiger partial charge in [0.1, 0.15) is 0 Å². The van der Waals surface area contributed by atoms with Crippen LogP contribution in [0.4, 0.5) is 0 Å². The number of amides is 1. The Labute approximate surface area is 72.4 Å². The molecule has 2 N–H and O–H groups in total. The van der Waals surface area contributed by atoms with Crippen molar-refractivity contribution in [2.75, 3.05) is 0 Å². The van der Waals surface area contributed by atoms with Gasteiger partial charge in [0, 0.05) is 5.56 Å². The quantitative estimate of drug-likeness (QED) is 0.720. The molecule has 1 radical (unpaired) electrons. The third kappa shape index (κ3) is 2.09. The van der Waals surface area contributed by atoms with Crippen LogP contribution in [-0.2, 0) is 6.42 Å². The Balaban J connectivity index is 2.88. The first-order valence-corrected chi connectivity index (χ1v) is 3.92. The fraction of sp³-hybridized carbons (Fsp3) is 0.200. The first kappa shape index (κ1) is 8.78. The topological polar surface area (TPSA) is 43.1 Å². The Morgan fingerprint density at radius 2 is 2.25 bits per heavy atom. The fourth-order valence-electron chi connectivity index (χ4n) is 1.08. The van der Waals surface area contributed by atoms with Crippen LogP contribution >= 0.6 is 0 Å². The monoisotopic (exact) mass is 162 g/mol. The van der Waals surface area contributed by atoms with Crippen LogP contribution in [0.25, 0.3) is 0 Å². The predicted octanol–water partition coefficient (Wildman–Crippen LogP) is 1.55. The van der Waals surface area contributed by atoms with Gasteiger partial charge in [-0.15, -0.1) is 0 Å². The largest absolute Gasteiger partial charge is 0.366 e. The van der Waals surface area contributed by atoms with Gasteiger partial charge in [0.25, 0.3) is 0 Å². The molecule has 0 fully saturated rings. The van der Waals surface area contributed by atoms with E-state index in [1.54, 1.807) is 6.07 Å². The number of carbonyl (C=O) groups excluding carboxylic acids is 1. The number of rotatable bonds is 3. The zero-order valence-corrected chi connectivity index (χ0v) is 6.92. The van der Waals surface area contributed by atoms with Crippen molar-refractivity contribution in [3.8, 4) is 0 Å². The minimum Gasteiger partial charge on any atom is -0.366 e. The molecule has 63 valence electrons. The van der Waals surface area contributed by atoms with Gasteiger partial charge in [0.2, 0.25) is 5.91 Å². The highest BCUT2D eigenvalue weighted by molar-refractivity contribution is 5.92. The predicted molar refractivity (Wildman–Crippen MR) is 48.6 cm³/mol. The lowest BCUT2D eigenvalue weighted by molar-refractivity contribution is 0.1000. The van der Waals surface area contributed by atoms with Crippen LogP contribution < -0.4 is 5.73 Å². The van der Waals surface area contributed by atoms with Crippen LogP contribution in [0, 0.1) is 6.92 Å². The minimum atomic E-state index is -0.374. The Kier molecular flexibility index (Phi) is 2.86. The average molecular weight is 162 g/mol. The van der Waals surface area contributed by atoms with Crippen LogP contribution in [0.2, 0.25) is 0 Å². The molecule has 0 atom stereocenters. The van der Waals surface area contributed by atoms with Crippen molar-refractivity contribution in [3.05, 3.63) is 42.3 Å². The lowest BCUT2D eigenvalue weighted by atomic mass is 10.1. The first-order valence-electron chi connectivity index (χ1n) is 3.92. The van der Waals surface area contributed by atoms with Gasteiger partial charge in [-0.2, -0.15) is 0 Å². The van der Waals surface area contributed by atoms with Crippen LogP contribution in [0.1, 0.15) is 22.3 Å². The van der Waals surface area contributed by atoms with Gasteiger partial charge in [-0.3, -0.25) is 4.79 Å². The maximum Gasteiger partial charge on any atom is 0.248 e. The van der Waals surface area contributed by atoms with E-state index in [9.17, 15) is 4.79 Å². The van der Waals surface area contributed by atoms with Crippen LogP contribution in [-0.4, -0.2) is 5.91 Å². The van der Waals surface area contributed by atoms with Crippen molar-refractivity contribution in [2.24, 2.45) is 5.73 Å². The van der Waals surface area contributed by atoms with Gasteiger partial charge in [0.15, 0.2) is 0 Å². The maximum absolute atomic E-state index is 10.8. The van der Waals surface area contributed by atoms with E-state index in [0.717, 1.165) is 18.4 Å². The number of aryl methyl sites for hydroxylation is 1. The van der Waals surface area contributed by atoms with Crippen molar-refractivity contribution < 1.29 is 4.79 Å². The summed E-state index contributed by atoms with van der Waals surface area (Å²) in [6.45, 7) is 3.74. The molecule has 0 bridgehead atoms. The highest BCUT2D eigenvalue weighted by Crippen LogP contribution is 2.06. The minimum absolute atomic E-state index is 0.374. The summed E-state index contributed by atoms with van der Waals surface area (Å²) in [5.74, 6) is -0.374. The number of benzene rings is 1. The zero-order chi connectivity index (χ0) is 8.97. The molecular weight excluding hydrogens is 150 g/mol. The van der Waals surface area contributed by atoms with Crippen molar-refractivity contribution in [1.82, 2.24) is 0 Å². The molecular formula is C10H12NO. The number of hydrogen-bond acceptors (Lipinski definition) is 1. The summed E-state index contributed by atoms with van der Waals surface area (Å²) < 4.78 is 0. The van der Waals surface area contributed by atoms with E-state index in [1.807, 2.05) is 18.2 Å². The molecule has 2 heteroatoms. The van der Waals surface area contributed by atoms with Gasteiger partial charge in [-0.05, 0) is 30.5 Å². The van der Waals surface area contributed by atoms with Gasteiger partial charge in [-0.1, -0.05) is 19.1 Å². The third-order valence-corrected chi connectivity index (χ3v) is 1.68. The second-order valence-electron chi connectivity index (χ2n) is 2.67. The Morgan fingerprint density at radius 3 is 2.83 bits per heavy atom. The second-order valence-corrected chi connectivity index (χ2v) is 2.67. The highest BCUT2D eigenvalue weighted by Gasteiger charge is 1.99. The highest BCUT2D eigenvalue weighted by atomic mass is 16.1. The summed E-state index contributed by atoms with van der Waals surface area (Å²) in [4.78, 5) is 10.8. The van der Waals surface area contributed by atoms with E-state index in [4.69, 9.17) is 5.73 Å². The Bertz CT molecular complexity index is 281. The molecule has 0 aliphatic rings.